The number of nitrogens with zero attached hydrogens (tertiary/aromatic N) is 1. The Bertz CT molecular complexity index is 331. The molecular formula is C14H23ClN2O. The molecule has 0 unspecified atom stereocenters. The van der Waals surface area contributed by atoms with Crippen molar-refractivity contribution >= 4 is 17.4 Å². The molecule has 3 nitrogen and oxygen atoms in total. The van der Waals surface area contributed by atoms with E-state index in [0.717, 1.165) is 36.8 Å². The Morgan fingerprint density at radius 3 is 2.78 bits per heavy atom. The van der Waals surface area contributed by atoms with Gasteiger partial charge in [-0.15, -0.1) is 11.6 Å². The average Bonchev–Trinajstić information content (AvgIpc) is 2.35. The van der Waals surface area contributed by atoms with Crippen molar-refractivity contribution in [2.45, 2.75) is 45.6 Å². The highest BCUT2D eigenvalue weighted by Crippen LogP contribution is 2.22. The first kappa shape index (κ1) is 15.1. The van der Waals surface area contributed by atoms with Gasteiger partial charge in [0.05, 0.1) is 6.10 Å². The fourth-order valence-electron chi connectivity index (χ4n) is 1.65. The fourth-order valence-corrected chi connectivity index (χ4v) is 1.84. The highest BCUT2D eigenvalue weighted by Gasteiger charge is 2.05. The maximum absolute atomic E-state index is 5.70. The van der Waals surface area contributed by atoms with Crippen LogP contribution in [0.15, 0.2) is 18.3 Å². The normalized spacial score (nSPS) is 10.7. The molecule has 1 aromatic heterocycles. The average molecular weight is 271 g/mol. The van der Waals surface area contributed by atoms with E-state index in [1.54, 1.807) is 6.20 Å². The van der Waals surface area contributed by atoms with Gasteiger partial charge in [-0.3, -0.25) is 0 Å². The number of nitrogens with one attached hydrogen (secondary N) is 1. The van der Waals surface area contributed by atoms with E-state index < -0.39 is 0 Å². The molecule has 1 heterocycles. The van der Waals surface area contributed by atoms with E-state index in [4.69, 9.17) is 16.3 Å². The van der Waals surface area contributed by atoms with Gasteiger partial charge in [0.2, 0.25) is 0 Å². The summed E-state index contributed by atoms with van der Waals surface area (Å²) in [4.78, 5) is 4.31. The Hall–Kier alpha value is -0.960. The standard InChI is InChI=1S/C14H23ClN2O/c1-12(2)18-13-8-7-11-17-14(13)16-10-6-4-3-5-9-15/h7-8,11-12H,3-6,9-10H2,1-2H3,(H,16,17). The molecule has 4 heteroatoms. The zero-order valence-corrected chi connectivity index (χ0v) is 12.0. The van der Waals surface area contributed by atoms with E-state index in [9.17, 15) is 0 Å². The lowest BCUT2D eigenvalue weighted by atomic mass is 10.2. The van der Waals surface area contributed by atoms with Gasteiger partial charge in [-0.1, -0.05) is 12.8 Å². The monoisotopic (exact) mass is 270 g/mol. The molecule has 0 radical (unpaired) electrons. The van der Waals surface area contributed by atoms with Crippen molar-refractivity contribution in [3.05, 3.63) is 18.3 Å². The molecule has 0 saturated heterocycles. The van der Waals surface area contributed by atoms with Crippen LogP contribution in [0.4, 0.5) is 5.82 Å². The Kier molecular flexibility index (Phi) is 7.58. The number of rotatable bonds is 9. The molecule has 0 aliphatic carbocycles. The molecule has 0 bridgehead atoms. The first-order chi connectivity index (χ1) is 8.74. The minimum absolute atomic E-state index is 0.165. The van der Waals surface area contributed by atoms with Crippen molar-refractivity contribution in [1.29, 1.82) is 0 Å². The topological polar surface area (TPSA) is 34.1 Å². The van der Waals surface area contributed by atoms with Crippen LogP contribution in [0.2, 0.25) is 0 Å². The van der Waals surface area contributed by atoms with Gasteiger partial charge in [-0.05, 0) is 38.8 Å². The fraction of sp³-hybridized carbons (Fsp3) is 0.643. The minimum atomic E-state index is 0.165. The first-order valence-corrected chi connectivity index (χ1v) is 7.19. The highest BCUT2D eigenvalue weighted by molar-refractivity contribution is 6.17. The van der Waals surface area contributed by atoms with E-state index in [1.165, 1.54) is 12.8 Å². The number of unbranched alkanes of at least 4 members (excludes halogenated alkanes) is 3. The predicted octanol–water partition coefficient (Wildman–Crippen LogP) is 4.08. The van der Waals surface area contributed by atoms with E-state index in [1.807, 2.05) is 26.0 Å². The smallest absolute Gasteiger partial charge is 0.168 e. The van der Waals surface area contributed by atoms with E-state index >= 15 is 0 Å². The summed E-state index contributed by atoms with van der Waals surface area (Å²) in [5.74, 6) is 2.43. The first-order valence-electron chi connectivity index (χ1n) is 6.65. The third-order valence-corrected chi connectivity index (χ3v) is 2.75. The number of pyridine rings is 1. The lowest BCUT2D eigenvalue weighted by Crippen LogP contribution is -2.10. The van der Waals surface area contributed by atoms with E-state index in [0.29, 0.717) is 0 Å². The SMILES string of the molecule is CC(C)Oc1cccnc1NCCCCCCCl. The summed E-state index contributed by atoms with van der Waals surface area (Å²) in [7, 11) is 0. The third kappa shape index (κ3) is 6.10. The van der Waals surface area contributed by atoms with Crippen molar-refractivity contribution in [2.24, 2.45) is 0 Å². The number of alkyl halides is 1. The van der Waals surface area contributed by atoms with Crippen molar-refractivity contribution in [3.63, 3.8) is 0 Å². The summed E-state index contributed by atoms with van der Waals surface area (Å²) in [6.07, 6.45) is 6.58. The number of hydrogen-bond acceptors (Lipinski definition) is 3. The molecule has 0 saturated carbocycles. The second kappa shape index (κ2) is 9.03. The molecule has 1 aromatic rings. The summed E-state index contributed by atoms with van der Waals surface area (Å²) in [6, 6.07) is 3.84. The van der Waals surface area contributed by atoms with Gasteiger partial charge >= 0.3 is 0 Å². The van der Waals surface area contributed by atoms with Crippen LogP contribution < -0.4 is 10.1 Å². The van der Waals surface area contributed by atoms with Crippen LogP contribution >= 0.6 is 11.6 Å². The quantitative estimate of drug-likeness (QED) is 0.542. The highest BCUT2D eigenvalue weighted by atomic mass is 35.5. The Labute approximate surface area is 115 Å². The van der Waals surface area contributed by atoms with Crippen LogP contribution in [-0.4, -0.2) is 23.5 Å². The third-order valence-electron chi connectivity index (χ3n) is 2.49. The van der Waals surface area contributed by atoms with Gasteiger partial charge in [-0.2, -0.15) is 0 Å². The number of halogens is 1. The van der Waals surface area contributed by atoms with Gasteiger partial charge in [-0.25, -0.2) is 4.98 Å². The summed E-state index contributed by atoms with van der Waals surface area (Å²) in [5.41, 5.74) is 0. The number of ether oxygens (including phenoxy) is 1. The van der Waals surface area contributed by atoms with Crippen LogP contribution in [0.3, 0.4) is 0 Å². The number of aromatic nitrogens is 1. The Morgan fingerprint density at radius 1 is 1.28 bits per heavy atom. The zero-order valence-electron chi connectivity index (χ0n) is 11.3. The lowest BCUT2D eigenvalue weighted by Gasteiger charge is -2.14. The van der Waals surface area contributed by atoms with Crippen LogP contribution in [0.1, 0.15) is 39.5 Å². The molecule has 1 rings (SSSR count). The molecule has 0 amide bonds. The summed E-state index contributed by atoms with van der Waals surface area (Å²) >= 11 is 5.64. The zero-order chi connectivity index (χ0) is 13.2. The van der Waals surface area contributed by atoms with Crippen molar-refractivity contribution in [3.8, 4) is 5.75 Å². The van der Waals surface area contributed by atoms with Crippen molar-refractivity contribution in [2.75, 3.05) is 17.7 Å². The van der Waals surface area contributed by atoms with Crippen LogP contribution in [0, 0.1) is 0 Å². The molecule has 0 aliphatic rings. The molecular weight excluding hydrogens is 248 g/mol. The molecule has 0 aromatic carbocycles. The van der Waals surface area contributed by atoms with Gasteiger partial charge in [0.1, 0.15) is 0 Å². The van der Waals surface area contributed by atoms with Crippen molar-refractivity contribution < 1.29 is 4.74 Å². The second-order valence-electron chi connectivity index (χ2n) is 4.55. The van der Waals surface area contributed by atoms with Gasteiger partial charge < -0.3 is 10.1 Å². The molecule has 0 fully saturated rings. The van der Waals surface area contributed by atoms with Gasteiger partial charge in [0.15, 0.2) is 11.6 Å². The molecule has 1 N–H and O–H groups in total. The van der Waals surface area contributed by atoms with Gasteiger partial charge in [0.25, 0.3) is 0 Å². The lowest BCUT2D eigenvalue weighted by molar-refractivity contribution is 0.243. The molecule has 0 atom stereocenters. The van der Waals surface area contributed by atoms with E-state index in [-0.39, 0.29) is 6.10 Å². The van der Waals surface area contributed by atoms with Crippen LogP contribution in [0.5, 0.6) is 5.75 Å². The maximum atomic E-state index is 5.70. The predicted molar refractivity (Wildman–Crippen MR) is 77.7 cm³/mol. The largest absolute Gasteiger partial charge is 0.487 e. The van der Waals surface area contributed by atoms with Crippen molar-refractivity contribution in [1.82, 2.24) is 4.98 Å². The number of hydrogen-bond donors (Lipinski definition) is 1. The second-order valence-corrected chi connectivity index (χ2v) is 4.92. The molecule has 102 valence electrons. The summed E-state index contributed by atoms with van der Waals surface area (Å²) < 4.78 is 5.70. The van der Waals surface area contributed by atoms with E-state index in [2.05, 4.69) is 10.3 Å². The molecule has 0 spiro atoms. The summed E-state index contributed by atoms with van der Waals surface area (Å²) in [6.45, 7) is 4.96. The molecule has 18 heavy (non-hydrogen) atoms. The maximum Gasteiger partial charge on any atom is 0.168 e. The molecule has 0 aliphatic heterocycles. The minimum Gasteiger partial charge on any atom is -0.487 e. The number of anilines is 1. The van der Waals surface area contributed by atoms with Crippen LogP contribution in [-0.2, 0) is 0 Å². The summed E-state index contributed by atoms with van der Waals surface area (Å²) in [5, 5.41) is 3.33. The van der Waals surface area contributed by atoms with Gasteiger partial charge in [0, 0.05) is 18.6 Å². The Morgan fingerprint density at radius 2 is 2.06 bits per heavy atom. The van der Waals surface area contributed by atoms with Crippen LogP contribution in [0.25, 0.3) is 0 Å². The Balaban J connectivity index is 2.32.